The average molecular weight is 222 g/mol. The van der Waals surface area contributed by atoms with Gasteiger partial charge >= 0.3 is 5.69 Å². The van der Waals surface area contributed by atoms with Gasteiger partial charge in [-0.2, -0.15) is 0 Å². The van der Waals surface area contributed by atoms with Gasteiger partial charge in [0, 0.05) is 12.1 Å². The third-order valence-electron chi connectivity index (χ3n) is 1.68. The van der Waals surface area contributed by atoms with Crippen molar-refractivity contribution in [3.63, 3.8) is 0 Å². The molecule has 0 bridgehead atoms. The highest BCUT2D eigenvalue weighted by Gasteiger charge is 2.12. The van der Waals surface area contributed by atoms with Crippen LogP contribution in [0.15, 0.2) is 36.4 Å². The highest BCUT2D eigenvalue weighted by Crippen LogP contribution is 2.25. The molecule has 0 aliphatic rings. The molecule has 1 amide bonds. The molecule has 0 saturated carbocycles. The molecule has 1 aromatic carbocycles. The number of nitro groups is 1. The third-order valence-corrected chi connectivity index (χ3v) is 1.68. The Balaban J connectivity index is 2.67. The second-order valence-electron chi connectivity index (χ2n) is 2.84. The van der Waals surface area contributed by atoms with E-state index in [1.165, 1.54) is 18.2 Å². The highest BCUT2D eigenvalue weighted by atomic mass is 16.6. The van der Waals surface area contributed by atoms with Crippen LogP contribution < -0.4 is 10.5 Å². The molecular formula is C10H10N2O4. The Kier molecular flexibility index (Phi) is 4.02. The molecule has 0 aliphatic heterocycles. The summed E-state index contributed by atoms with van der Waals surface area (Å²) in [5, 5.41) is 10.6. The summed E-state index contributed by atoms with van der Waals surface area (Å²) in [4.78, 5) is 20.4. The average Bonchev–Trinajstić information content (AvgIpc) is 2.24. The van der Waals surface area contributed by atoms with Crippen LogP contribution in [0.5, 0.6) is 5.75 Å². The predicted octanol–water partition coefficient (Wildman–Crippen LogP) is 1.02. The lowest BCUT2D eigenvalue weighted by atomic mass is 10.3. The Morgan fingerprint density at radius 2 is 2.19 bits per heavy atom. The summed E-state index contributed by atoms with van der Waals surface area (Å²) in [6.07, 6.45) is 2.52. The number of carbonyl (C=O) groups is 1. The molecule has 2 N–H and O–H groups in total. The fraction of sp³-hybridized carbons (Fsp3) is 0.100. The maximum Gasteiger partial charge on any atom is 0.310 e. The van der Waals surface area contributed by atoms with Gasteiger partial charge in [0.2, 0.25) is 5.91 Å². The molecule has 0 aliphatic carbocycles. The van der Waals surface area contributed by atoms with Crippen molar-refractivity contribution in [2.45, 2.75) is 0 Å². The van der Waals surface area contributed by atoms with Crippen molar-refractivity contribution in [2.24, 2.45) is 5.73 Å². The van der Waals surface area contributed by atoms with E-state index in [0.717, 1.165) is 6.08 Å². The molecule has 0 unspecified atom stereocenters. The van der Waals surface area contributed by atoms with Gasteiger partial charge in [0.1, 0.15) is 6.61 Å². The summed E-state index contributed by atoms with van der Waals surface area (Å²) in [7, 11) is 0. The number of para-hydroxylation sites is 2. The first-order chi connectivity index (χ1) is 7.61. The van der Waals surface area contributed by atoms with Crippen molar-refractivity contribution in [2.75, 3.05) is 6.61 Å². The summed E-state index contributed by atoms with van der Waals surface area (Å²) in [5.74, 6) is -0.437. The van der Waals surface area contributed by atoms with Crippen molar-refractivity contribution in [3.8, 4) is 5.75 Å². The number of primary amides is 1. The van der Waals surface area contributed by atoms with Gasteiger partial charge in [0.15, 0.2) is 5.75 Å². The van der Waals surface area contributed by atoms with E-state index in [1.54, 1.807) is 12.1 Å². The van der Waals surface area contributed by atoms with Crippen LogP contribution in [0.3, 0.4) is 0 Å². The number of hydrogen-bond acceptors (Lipinski definition) is 4. The summed E-state index contributed by atoms with van der Waals surface area (Å²) in [6, 6.07) is 5.99. The Bertz CT molecular complexity index is 429. The zero-order valence-corrected chi connectivity index (χ0v) is 8.33. The lowest BCUT2D eigenvalue weighted by Gasteiger charge is -2.02. The maximum absolute atomic E-state index is 10.6. The molecule has 0 radical (unpaired) electrons. The van der Waals surface area contributed by atoms with Crippen LogP contribution in [0.25, 0.3) is 0 Å². The highest BCUT2D eigenvalue weighted by molar-refractivity contribution is 5.85. The minimum Gasteiger partial charge on any atom is -0.483 e. The van der Waals surface area contributed by atoms with Gasteiger partial charge in [-0.3, -0.25) is 14.9 Å². The van der Waals surface area contributed by atoms with Crippen molar-refractivity contribution in [1.82, 2.24) is 0 Å². The molecule has 6 nitrogen and oxygen atoms in total. The smallest absolute Gasteiger partial charge is 0.310 e. The zero-order chi connectivity index (χ0) is 12.0. The molecule has 6 heteroatoms. The molecular weight excluding hydrogens is 212 g/mol. The van der Waals surface area contributed by atoms with E-state index in [9.17, 15) is 14.9 Å². The van der Waals surface area contributed by atoms with Crippen LogP contribution in [-0.2, 0) is 4.79 Å². The molecule has 84 valence electrons. The van der Waals surface area contributed by atoms with Crippen LogP contribution in [0.1, 0.15) is 0 Å². The van der Waals surface area contributed by atoms with Gasteiger partial charge in [-0.05, 0) is 12.1 Å². The van der Waals surface area contributed by atoms with Crippen LogP contribution >= 0.6 is 0 Å². The Hall–Kier alpha value is -2.37. The van der Waals surface area contributed by atoms with Crippen LogP contribution in [0.2, 0.25) is 0 Å². The fourth-order valence-electron chi connectivity index (χ4n) is 1.03. The number of rotatable bonds is 5. The first-order valence-corrected chi connectivity index (χ1v) is 4.43. The number of nitrogens with zero attached hydrogens (tertiary/aromatic N) is 1. The topological polar surface area (TPSA) is 95.5 Å². The quantitative estimate of drug-likeness (QED) is 0.457. The standard InChI is InChI=1S/C10H10N2O4/c11-10(13)6-3-7-16-9-5-2-1-4-8(9)12(14)15/h1-6H,7H2,(H2,11,13). The second-order valence-corrected chi connectivity index (χ2v) is 2.84. The molecule has 0 heterocycles. The number of hydrogen-bond donors (Lipinski definition) is 1. The van der Waals surface area contributed by atoms with E-state index < -0.39 is 10.8 Å². The summed E-state index contributed by atoms with van der Waals surface area (Å²) in [6.45, 7) is 0.0494. The molecule has 0 saturated heterocycles. The van der Waals surface area contributed by atoms with Crippen molar-refractivity contribution < 1.29 is 14.5 Å². The number of benzene rings is 1. The molecule has 1 aromatic rings. The lowest BCUT2D eigenvalue weighted by Crippen LogP contribution is -2.06. The number of ether oxygens (including phenoxy) is 1. The Morgan fingerprint density at radius 1 is 1.50 bits per heavy atom. The number of amides is 1. The van der Waals surface area contributed by atoms with Crippen molar-refractivity contribution in [1.29, 1.82) is 0 Å². The maximum atomic E-state index is 10.6. The Morgan fingerprint density at radius 3 is 2.81 bits per heavy atom. The van der Waals surface area contributed by atoms with Crippen LogP contribution in [0, 0.1) is 10.1 Å². The van der Waals surface area contributed by atoms with Crippen molar-refractivity contribution >= 4 is 11.6 Å². The van der Waals surface area contributed by atoms with Crippen LogP contribution in [-0.4, -0.2) is 17.4 Å². The van der Waals surface area contributed by atoms with Crippen LogP contribution in [0.4, 0.5) is 5.69 Å². The molecule has 0 atom stereocenters. The first kappa shape index (κ1) is 11.7. The first-order valence-electron chi connectivity index (χ1n) is 4.43. The number of nitro benzene ring substituents is 1. The minimum atomic E-state index is -0.592. The van der Waals surface area contributed by atoms with E-state index in [0.29, 0.717) is 0 Å². The molecule has 0 spiro atoms. The molecule has 0 aromatic heterocycles. The normalized spacial score (nSPS) is 10.2. The van der Waals surface area contributed by atoms with Gasteiger partial charge in [-0.25, -0.2) is 0 Å². The predicted molar refractivity (Wildman–Crippen MR) is 56.9 cm³/mol. The van der Waals surface area contributed by atoms with E-state index >= 15 is 0 Å². The number of nitrogens with two attached hydrogens (primary N) is 1. The molecule has 1 rings (SSSR count). The third kappa shape index (κ3) is 3.41. The monoisotopic (exact) mass is 222 g/mol. The summed E-state index contributed by atoms with van der Waals surface area (Å²) >= 11 is 0. The summed E-state index contributed by atoms with van der Waals surface area (Å²) in [5.41, 5.74) is 4.74. The van der Waals surface area contributed by atoms with E-state index in [2.05, 4.69) is 0 Å². The molecule has 0 fully saturated rings. The fourth-order valence-corrected chi connectivity index (χ4v) is 1.03. The van der Waals surface area contributed by atoms with Gasteiger partial charge in [-0.1, -0.05) is 12.1 Å². The van der Waals surface area contributed by atoms with Gasteiger partial charge in [0.25, 0.3) is 0 Å². The second kappa shape index (κ2) is 5.50. The number of carbonyl (C=O) groups excluding carboxylic acids is 1. The SMILES string of the molecule is NC(=O)C=CCOc1ccccc1[N+](=O)[O-]. The molecule has 16 heavy (non-hydrogen) atoms. The largest absolute Gasteiger partial charge is 0.483 e. The zero-order valence-electron chi connectivity index (χ0n) is 8.33. The van der Waals surface area contributed by atoms with Gasteiger partial charge in [0.05, 0.1) is 4.92 Å². The lowest BCUT2D eigenvalue weighted by molar-refractivity contribution is -0.385. The van der Waals surface area contributed by atoms with Gasteiger partial charge in [-0.15, -0.1) is 0 Å². The van der Waals surface area contributed by atoms with E-state index in [4.69, 9.17) is 10.5 Å². The van der Waals surface area contributed by atoms with Gasteiger partial charge < -0.3 is 10.5 Å². The minimum absolute atomic E-state index is 0.0494. The summed E-state index contributed by atoms with van der Waals surface area (Å²) < 4.78 is 5.11. The van der Waals surface area contributed by atoms with E-state index in [-0.39, 0.29) is 18.0 Å². The van der Waals surface area contributed by atoms with E-state index in [1.807, 2.05) is 0 Å². The Labute approximate surface area is 91.5 Å². The van der Waals surface area contributed by atoms with Crippen molar-refractivity contribution in [3.05, 3.63) is 46.5 Å².